The number of aromatic nitrogens is 6. The molecule has 0 aliphatic heterocycles. The van der Waals surface area contributed by atoms with Gasteiger partial charge in [-0.05, 0) is 82.7 Å². The first-order valence-corrected chi connectivity index (χ1v) is 21.7. The van der Waals surface area contributed by atoms with Gasteiger partial charge >= 0.3 is 0 Å². The summed E-state index contributed by atoms with van der Waals surface area (Å²) in [4.78, 5) is 21.0. The van der Waals surface area contributed by atoms with Crippen LogP contribution in [0.5, 0.6) is 23.3 Å². The fraction of sp³-hybridized carbons (Fsp3) is 0.240. The summed E-state index contributed by atoms with van der Waals surface area (Å²) >= 11 is 5.62. The lowest BCUT2D eigenvalue weighted by molar-refractivity contribution is 0.0939. The van der Waals surface area contributed by atoms with Crippen molar-refractivity contribution in [3.8, 4) is 45.8 Å². The molecule has 66 heavy (non-hydrogen) atoms. The number of benzene rings is 4. The maximum atomic E-state index is 13.7. The van der Waals surface area contributed by atoms with E-state index in [0.717, 1.165) is 45.9 Å². The van der Waals surface area contributed by atoms with Gasteiger partial charge in [-0.1, -0.05) is 72.9 Å². The molecular formula is C50H48F2N8O5S. The highest BCUT2D eigenvalue weighted by molar-refractivity contribution is 7.80. The molecule has 0 bridgehead atoms. The Morgan fingerprint density at radius 2 is 1.17 bits per heavy atom. The van der Waals surface area contributed by atoms with Crippen LogP contribution in [0.2, 0.25) is 0 Å². The predicted molar refractivity (Wildman–Crippen MR) is 254 cm³/mol. The van der Waals surface area contributed by atoms with Gasteiger partial charge in [0.05, 0.1) is 46.4 Å². The average molecular weight is 911 g/mol. The second-order valence-corrected chi connectivity index (χ2v) is 17.9. The molecule has 0 unspecified atom stereocenters. The van der Waals surface area contributed by atoms with E-state index in [1.54, 1.807) is 110 Å². The molecule has 1 saturated carbocycles. The summed E-state index contributed by atoms with van der Waals surface area (Å²) < 4.78 is 42.2. The van der Waals surface area contributed by atoms with E-state index >= 15 is 0 Å². The number of carbonyl (C=O) groups excluding carboxylic acids is 1. The molecule has 4 aromatic heterocycles. The Labute approximate surface area is 385 Å². The molecule has 4 heterocycles. The van der Waals surface area contributed by atoms with E-state index in [1.165, 1.54) is 37.1 Å². The number of thiocarbonyl (C=S) groups is 1. The van der Waals surface area contributed by atoms with Crippen molar-refractivity contribution in [2.75, 3.05) is 23.7 Å². The van der Waals surface area contributed by atoms with Crippen LogP contribution in [0.1, 0.15) is 62.9 Å². The quantitative estimate of drug-likeness (QED) is 0.0413. The lowest BCUT2D eigenvalue weighted by Crippen LogP contribution is -2.29. The molecule has 1 aliphatic rings. The second kappa shape index (κ2) is 19.1. The van der Waals surface area contributed by atoms with Gasteiger partial charge < -0.3 is 30.3 Å². The summed E-state index contributed by atoms with van der Waals surface area (Å²) in [6.07, 6.45) is 7.72. The Morgan fingerprint density at radius 1 is 0.712 bits per heavy atom. The number of hydrogen-bond acceptors (Lipinski definition) is 12. The number of halogens is 2. The van der Waals surface area contributed by atoms with E-state index in [0.29, 0.717) is 52.0 Å². The van der Waals surface area contributed by atoms with Crippen molar-refractivity contribution in [3.63, 3.8) is 0 Å². The third-order valence-electron chi connectivity index (χ3n) is 10.4. The molecule has 4 aromatic carbocycles. The SMILES string of the molecule is CC(C)(O)CNc1cc(Oc2cccc(F)c2)nn2c(-c3ccc(C(=S)CC4CC4)cc3)cnc12.CC(C)(O)CNc1cc(Oc2cccc(F)c2)nn2c(-c3ccc(C=O)cc3)cnc12. The van der Waals surface area contributed by atoms with Crippen molar-refractivity contribution in [3.05, 3.63) is 144 Å². The Balaban J connectivity index is 0.000000181. The van der Waals surface area contributed by atoms with Gasteiger partial charge in [0.15, 0.2) is 11.3 Å². The van der Waals surface area contributed by atoms with E-state index in [4.69, 9.17) is 21.7 Å². The van der Waals surface area contributed by atoms with Crippen molar-refractivity contribution in [1.82, 2.24) is 29.2 Å². The molecule has 0 spiro atoms. The predicted octanol–water partition coefficient (Wildman–Crippen LogP) is 10.4. The zero-order valence-corrected chi connectivity index (χ0v) is 37.5. The Morgan fingerprint density at radius 3 is 1.58 bits per heavy atom. The number of ether oxygens (including phenoxy) is 2. The Hall–Kier alpha value is -7.14. The number of rotatable bonds is 16. The van der Waals surface area contributed by atoms with Crippen molar-refractivity contribution >= 4 is 46.0 Å². The van der Waals surface area contributed by atoms with Crippen LogP contribution in [-0.2, 0) is 0 Å². The van der Waals surface area contributed by atoms with Crippen LogP contribution < -0.4 is 20.1 Å². The average Bonchev–Trinajstić information content (AvgIpc) is 3.83. The molecular weight excluding hydrogens is 863 g/mol. The van der Waals surface area contributed by atoms with Gasteiger partial charge in [0.25, 0.3) is 0 Å². The first-order chi connectivity index (χ1) is 31.6. The minimum atomic E-state index is -0.954. The zero-order chi connectivity index (χ0) is 46.6. The third kappa shape index (κ3) is 11.6. The summed E-state index contributed by atoms with van der Waals surface area (Å²) in [6, 6.07) is 30.2. The molecule has 338 valence electrons. The summed E-state index contributed by atoms with van der Waals surface area (Å²) in [5, 5.41) is 35.9. The summed E-state index contributed by atoms with van der Waals surface area (Å²) in [6.45, 7) is 7.37. The molecule has 16 heteroatoms. The van der Waals surface area contributed by atoms with Crippen LogP contribution >= 0.6 is 12.2 Å². The molecule has 8 aromatic rings. The zero-order valence-electron chi connectivity index (χ0n) is 36.7. The van der Waals surface area contributed by atoms with Gasteiger partial charge in [0, 0.05) is 58.9 Å². The van der Waals surface area contributed by atoms with E-state index < -0.39 is 22.8 Å². The third-order valence-corrected chi connectivity index (χ3v) is 10.8. The Bertz CT molecular complexity index is 3010. The number of hydrogen-bond donors (Lipinski definition) is 4. The first-order valence-electron chi connectivity index (χ1n) is 21.3. The maximum absolute atomic E-state index is 13.7. The molecule has 4 N–H and O–H groups in total. The smallest absolute Gasteiger partial charge is 0.239 e. The molecule has 1 aliphatic carbocycles. The molecule has 1 fully saturated rings. The van der Waals surface area contributed by atoms with Gasteiger partial charge in [-0.3, -0.25) is 4.79 Å². The maximum Gasteiger partial charge on any atom is 0.239 e. The lowest BCUT2D eigenvalue weighted by Gasteiger charge is -2.19. The van der Waals surface area contributed by atoms with Gasteiger partial charge in [0.2, 0.25) is 11.8 Å². The van der Waals surface area contributed by atoms with Crippen molar-refractivity contribution < 1.29 is 33.3 Å². The molecule has 0 atom stereocenters. The number of nitrogens with zero attached hydrogens (tertiary/aromatic N) is 6. The molecule has 9 rings (SSSR count). The van der Waals surface area contributed by atoms with Crippen LogP contribution in [0, 0.1) is 17.6 Å². The molecule has 13 nitrogen and oxygen atoms in total. The number of aldehydes is 1. The van der Waals surface area contributed by atoms with Crippen LogP contribution in [0.4, 0.5) is 20.2 Å². The van der Waals surface area contributed by atoms with Crippen LogP contribution in [-0.4, -0.2) is 74.9 Å². The highest BCUT2D eigenvalue weighted by Gasteiger charge is 2.24. The summed E-state index contributed by atoms with van der Waals surface area (Å²) in [5.74, 6) is 1.06. The van der Waals surface area contributed by atoms with E-state index in [-0.39, 0.29) is 18.3 Å². The van der Waals surface area contributed by atoms with Gasteiger partial charge in [-0.2, -0.15) is 0 Å². The fourth-order valence-corrected chi connectivity index (χ4v) is 7.20. The minimum Gasteiger partial charge on any atom is -0.437 e. The van der Waals surface area contributed by atoms with Crippen LogP contribution in [0.25, 0.3) is 33.8 Å². The number of imidazole rings is 2. The Kier molecular flexibility index (Phi) is 13.2. The number of aliphatic hydroxyl groups is 2. The fourth-order valence-electron chi connectivity index (χ4n) is 6.83. The highest BCUT2D eigenvalue weighted by Crippen LogP contribution is 2.35. The molecule has 0 radical (unpaired) electrons. The van der Waals surface area contributed by atoms with E-state index in [1.807, 2.05) is 24.3 Å². The van der Waals surface area contributed by atoms with Crippen LogP contribution in [0.3, 0.4) is 0 Å². The van der Waals surface area contributed by atoms with Gasteiger partial charge in [-0.15, -0.1) is 10.2 Å². The first kappa shape index (κ1) is 45.4. The normalized spacial score (nSPS) is 12.7. The lowest BCUT2D eigenvalue weighted by atomic mass is 10.0. The molecule has 0 saturated heterocycles. The van der Waals surface area contributed by atoms with Gasteiger partial charge in [0.1, 0.15) is 29.4 Å². The summed E-state index contributed by atoms with van der Waals surface area (Å²) in [5.41, 5.74) is 5.29. The van der Waals surface area contributed by atoms with Crippen molar-refractivity contribution in [2.24, 2.45) is 5.92 Å². The second-order valence-electron chi connectivity index (χ2n) is 17.4. The van der Waals surface area contributed by atoms with E-state index in [2.05, 4.69) is 30.8 Å². The largest absolute Gasteiger partial charge is 0.437 e. The van der Waals surface area contributed by atoms with Crippen molar-refractivity contribution in [1.29, 1.82) is 0 Å². The van der Waals surface area contributed by atoms with Crippen LogP contribution in [0.15, 0.2) is 122 Å². The van der Waals surface area contributed by atoms with Gasteiger partial charge in [-0.25, -0.2) is 27.8 Å². The highest BCUT2D eigenvalue weighted by atomic mass is 32.1. The standard InChI is InChI=1S/C27H27FN4O2S.C23H21FN4O3/c1-27(2,33)16-30-22-14-25(34-21-5-3-4-20(28)13-21)31-32-23(15-29-26(22)32)18-8-10-19(11-9-18)24(35)12-17-6-7-17;1-23(2,30)14-26-19-11-21(31-18-5-3-4-17(24)10-18)27-28-20(12-25-22(19)28)16-8-6-15(13-29)7-9-16/h3-5,8-11,13-15,17,30,33H,6-7,12,16H2,1-2H3;3-13,26,30H,14H2,1-2H3. The number of anilines is 2. The minimum absolute atomic E-state index is 0.222. The number of nitrogens with one attached hydrogen (secondary N) is 2. The van der Waals surface area contributed by atoms with E-state index in [9.17, 15) is 23.8 Å². The molecule has 0 amide bonds. The topological polar surface area (TPSA) is 160 Å². The monoisotopic (exact) mass is 910 g/mol. The number of carbonyl (C=O) groups is 1. The van der Waals surface area contributed by atoms with Crippen molar-refractivity contribution in [2.45, 2.75) is 58.2 Å². The summed E-state index contributed by atoms with van der Waals surface area (Å²) in [7, 11) is 0. The number of fused-ring (bicyclic) bond motifs is 2.